The fourth-order valence-corrected chi connectivity index (χ4v) is 5.27. The SMILES string of the molecule is CC(=O)c1cccc(C)c1Pc1cccc(Cc2ccccc2)c1OCc1ccccc1. The van der Waals surface area contributed by atoms with Gasteiger partial charge < -0.3 is 4.74 Å². The largest absolute Gasteiger partial charge is 0.488 e. The molecule has 0 N–H and O–H groups in total. The summed E-state index contributed by atoms with van der Waals surface area (Å²) in [4.78, 5) is 12.3. The fraction of sp³-hybridized carbons (Fsp3) is 0.138. The maximum absolute atomic E-state index is 12.3. The molecule has 1 unspecified atom stereocenters. The molecular weight excluding hydrogens is 411 g/mol. The van der Waals surface area contributed by atoms with Gasteiger partial charge in [-0.2, -0.15) is 0 Å². The zero-order valence-electron chi connectivity index (χ0n) is 18.5. The molecule has 32 heavy (non-hydrogen) atoms. The number of ether oxygens (including phenoxy) is 1. The van der Waals surface area contributed by atoms with Crippen LogP contribution in [0.2, 0.25) is 0 Å². The Balaban J connectivity index is 1.73. The number of benzene rings is 4. The standard InChI is InChI=1S/C29H27O2P/c1-21-11-9-17-26(22(2)30)29(21)32-27-18-10-16-25(19-23-12-5-3-6-13-23)28(27)31-20-24-14-7-4-8-15-24/h3-18,32H,19-20H2,1-2H3. The number of para-hydroxylation sites is 1. The van der Waals surface area contributed by atoms with Crippen LogP contribution in [0.15, 0.2) is 97.1 Å². The van der Waals surface area contributed by atoms with E-state index in [4.69, 9.17) is 4.74 Å². The van der Waals surface area contributed by atoms with Crippen molar-refractivity contribution >= 4 is 25.0 Å². The van der Waals surface area contributed by atoms with Gasteiger partial charge in [0.2, 0.25) is 0 Å². The Morgan fingerprint density at radius 1 is 0.781 bits per heavy atom. The van der Waals surface area contributed by atoms with Gasteiger partial charge in [-0.25, -0.2) is 0 Å². The smallest absolute Gasteiger partial charge is 0.160 e. The highest BCUT2D eigenvalue weighted by molar-refractivity contribution is 7.56. The van der Waals surface area contributed by atoms with E-state index in [2.05, 4.69) is 67.6 Å². The first-order valence-electron chi connectivity index (χ1n) is 10.8. The highest BCUT2D eigenvalue weighted by atomic mass is 31.1. The summed E-state index contributed by atoms with van der Waals surface area (Å²) in [6.45, 7) is 4.23. The second kappa shape index (κ2) is 10.4. The van der Waals surface area contributed by atoms with Crippen LogP contribution in [-0.2, 0) is 13.0 Å². The number of hydrogen-bond donors (Lipinski definition) is 0. The van der Waals surface area contributed by atoms with Crippen molar-refractivity contribution in [2.24, 2.45) is 0 Å². The molecule has 0 bridgehead atoms. The second-order valence-corrected chi connectivity index (χ2v) is 9.20. The van der Waals surface area contributed by atoms with Crippen molar-refractivity contribution in [1.82, 2.24) is 0 Å². The predicted molar refractivity (Wildman–Crippen MR) is 135 cm³/mol. The van der Waals surface area contributed by atoms with Crippen molar-refractivity contribution in [1.29, 1.82) is 0 Å². The third-order valence-corrected chi connectivity index (χ3v) is 7.05. The molecule has 4 rings (SSSR count). The first-order valence-corrected chi connectivity index (χ1v) is 11.8. The summed E-state index contributed by atoms with van der Waals surface area (Å²) in [6, 6.07) is 33.0. The number of Topliss-reactive ketones (excluding diaryl/α,β-unsaturated/α-hetero) is 1. The summed E-state index contributed by atoms with van der Waals surface area (Å²) in [5, 5.41) is 2.23. The Hall–Kier alpha value is -3.22. The maximum atomic E-state index is 12.3. The first kappa shape index (κ1) is 22.0. The molecule has 0 saturated carbocycles. The number of hydrogen-bond acceptors (Lipinski definition) is 2. The van der Waals surface area contributed by atoms with Crippen molar-refractivity contribution in [2.45, 2.75) is 26.9 Å². The Morgan fingerprint density at radius 3 is 2.12 bits per heavy atom. The molecule has 0 fully saturated rings. The lowest BCUT2D eigenvalue weighted by Gasteiger charge is -2.18. The Kier molecular flexibility index (Phi) is 7.14. The van der Waals surface area contributed by atoms with E-state index in [9.17, 15) is 4.79 Å². The van der Waals surface area contributed by atoms with E-state index < -0.39 is 0 Å². The molecular formula is C29H27O2P. The lowest BCUT2D eigenvalue weighted by Crippen LogP contribution is -2.17. The van der Waals surface area contributed by atoms with Crippen LogP contribution >= 0.6 is 8.58 Å². The van der Waals surface area contributed by atoms with E-state index in [1.165, 1.54) is 5.56 Å². The van der Waals surface area contributed by atoms with Crippen LogP contribution in [0.5, 0.6) is 5.75 Å². The Bertz CT molecular complexity index is 1200. The van der Waals surface area contributed by atoms with Crippen molar-refractivity contribution < 1.29 is 9.53 Å². The predicted octanol–water partition coefficient (Wildman–Crippen LogP) is 6.00. The number of carbonyl (C=O) groups is 1. The van der Waals surface area contributed by atoms with Gasteiger partial charge in [0.15, 0.2) is 5.78 Å². The topological polar surface area (TPSA) is 26.3 Å². The van der Waals surface area contributed by atoms with Gasteiger partial charge in [0.05, 0.1) is 0 Å². The van der Waals surface area contributed by atoms with Crippen LogP contribution in [-0.4, -0.2) is 5.78 Å². The normalized spacial score (nSPS) is 11.1. The van der Waals surface area contributed by atoms with Crippen LogP contribution in [0.4, 0.5) is 0 Å². The molecule has 1 atom stereocenters. The molecule has 4 aromatic carbocycles. The number of carbonyl (C=O) groups excluding carboxylic acids is 1. The minimum Gasteiger partial charge on any atom is -0.488 e. The number of rotatable bonds is 8. The average molecular weight is 439 g/mol. The van der Waals surface area contributed by atoms with E-state index in [0.29, 0.717) is 15.2 Å². The lowest BCUT2D eigenvalue weighted by atomic mass is 10.0. The van der Waals surface area contributed by atoms with E-state index in [1.807, 2.05) is 36.4 Å². The van der Waals surface area contributed by atoms with Gasteiger partial charge >= 0.3 is 0 Å². The molecule has 0 saturated heterocycles. The van der Waals surface area contributed by atoms with Crippen molar-refractivity contribution in [3.05, 3.63) is 125 Å². The molecule has 0 radical (unpaired) electrons. The molecule has 0 amide bonds. The van der Waals surface area contributed by atoms with Crippen molar-refractivity contribution in [3.8, 4) is 5.75 Å². The van der Waals surface area contributed by atoms with Crippen molar-refractivity contribution in [3.63, 3.8) is 0 Å². The first-order chi connectivity index (χ1) is 15.6. The van der Waals surface area contributed by atoms with Crippen molar-refractivity contribution in [2.75, 3.05) is 0 Å². The molecule has 2 nitrogen and oxygen atoms in total. The van der Waals surface area contributed by atoms with Gasteiger partial charge in [-0.3, -0.25) is 4.79 Å². The molecule has 0 heterocycles. The summed E-state index contributed by atoms with van der Waals surface area (Å²) < 4.78 is 6.46. The summed E-state index contributed by atoms with van der Waals surface area (Å²) in [5.41, 5.74) is 5.48. The van der Waals surface area contributed by atoms with Gasteiger partial charge in [0.25, 0.3) is 0 Å². The molecule has 3 heteroatoms. The Labute approximate surface area is 192 Å². The van der Waals surface area contributed by atoms with Crippen LogP contribution in [0.3, 0.4) is 0 Å². The molecule has 0 aliphatic rings. The molecule has 4 aromatic rings. The van der Waals surface area contributed by atoms with Crippen LogP contribution in [0.1, 0.15) is 39.5 Å². The summed E-state index contributed by atoms with van der Waals surface area (Å²) >= 11 is 0. The van der Waals surface area contributed by atoms with Gasteiger partial charge in [-0.15, -0.1) is 0 Å². The molecule has 0 aliphatic carbocycles. The summed E-state index contributed by atoms with van der Waals surface area (Å²) in [5.74, 6) is 1.03. The van der Waals surface area contributed by atoms with Crippen LogP contribution in [0, 0.1) is 6.92 Å². The molecule has 0 spiro atoms. The minimum absolute atomic E-state index is 0.100. The summed E-state index contributed by atoms with van der Waals surface area (Å²) in [7, 11) is 0.345. The minimum atomic E-state index is 0.100. The third-order valence-electron chi connectivity index (χ3n) is 5.47. The van der Waals surface area contributed by atoms with Gasteiger partial charge in [-0.1, -0.05) is 106 Å². The maximum Gasteiger partial charge on any atom is 0.160 e. The molecule has 0 aromatic heterocycles. The average Bonchev–Trinajstić information content (AvgIpc) is 2.81. The quantitative estimate of drug-likeness (QED) is 0.249. The van der Waals surface area contributed by atoms with Gasteiger partial charge in [0, 0.05) is 17.3 Å². The Morgan fingerprint density at radius 2 is 1.44 bits per heavy atom. The second-order valence-electron chi connectivity index (χ2n) is 7.91. The van der Waals surface area contributed by atoms with Gasteiger partial charge in [-0.05, 0) is 41.4 Å². The molecule has 160 valence electrons. The zero-order chi connectivity index (χ0) is 22.3. The van der Waals surface area contributed by atoms with Crippen LogP contribution in [0.25, 0.3) is 0 Å². The van der Waals surface area contributed by atoms with Gasteiger partial charge in [0.1, 0.15) is 12.4 Å². The highest BCUT2D eigenvalue weighted by Gasteiger charge is 2.16. The zero-order valence-corrected chi connectivity index (χ0v) is 19.5. The van der Waals surface area contributed by atoms with E-state index in [0.717, 1.165) is 45.0 Å². The highest BCUT2D eigenvalue weighted by Crippen LogP contribution is 2.28. The third kappa shape index (κ3) is 5.33. The lowest BCUT2D eigenvalue weighted by molar-refractivity contribution is 0.101. The van der Waals surface area contributed by atoms with E-state index in [1.54, 1.807) is 6.92 Å². The number of ketones is 1. The summed E-state index contributed by atoms with van der Waals surface area (Å²) in [6.07, 6.45) is 0.802. The monoisotopic (exact) mass is 438 g/mol. The fourth-order valence-electron chi connectivity index (χ4n) is 3.80. The molecule has 0 aliphatic heterocycles. The van der Waals surface area contributed by atoms with E-state index >= 15 is 0 Å². The van der Waals surface area contributed by atoms with E-state index in [-0.39, 0.29) is 5.78 Å². The number of aryl methyl sites for hydroxylation is 1. The van der Waals surface area contributed by atoms with Crippen LogP contribution < -0.4 is 15.3 Å².